The van der Waals surface area contributed by atoms with Crippen molar-refractivity contribution in [2.24, 2.45) is 0 Å². The molecule has 3 aromatic rings. The summed E-state index contributed by atoms with van der Waals surface area (Å²) in [6.07, 6.45) is -0.111. The van der Waals surface area contributed by atoms with Crippen LogP contribution in [0, 0.1) is 6.92 Å². The molecule has 0 aliphatic carbocycles. The number of carbonyl (C=O) groups excluding carboxylic acids is 1. The van der Waals surface area contributed by atoms with Crippen molar-refractivity contribution >= 4 is 23.2 Å². The Morgan fingerprint density at radius 1 is 1.00 bits per heavy atom. The van der Waals surface area contributed by atoms with Crippen LogP contribution in [0.5, 0.6) is 17.2 Å². The quantitative estimate of drug-likeness (QED) is 0.515. The molecule has 144 valence electrons. The van der Waals surface area contributed by atoms with Gasteiger partial charge in [0.1, 0.15) is 11.5 Å². The first kappa shape index (κ1) is 19.8. The van der Waals surface area contributed by atoms with Gasteiger partial charge >= 0.3 is 0 Å². The van der Waals surface area contributed by atoms with Crippen LogP contribution in [0.4, 0.5) is 5.69 Å². The monoisotopic (exact) mass is 395 g/mol. The van der Waals surface area contributed by atoms with Gasteiger partial charge in [-0.15, -0.1) is 0 Å². The van der Waals surface area contributed by atoms with Crippen LogP contribution in [0.15, 0.2) is 72.8 Å². The second-order valence-electron chi connectivity index (χ2n) is 6.38. The van der Waals surface area contributed by atoms with E-state index >= 15 is 0 Å². The Kier molecular flexibility index (Phi) is 6.56. The van der Waals surface area contributed by atoms with E-state index in [0.29, 0.717) is 34.4 Å². The number of hydrogen-bond donors (Lipinski definition) is 1. The maximum absolute atomic E-state index is 12.8. The van der Waals surface area contributed by atoms with Crippen molar-refractivity contribution in [1.82, 2.24) is 0 Å². The number of para-hydroxylation sites is 1. The lowest BCUT2D eigenvalue weighted by atomic mass is 10.2. The normalized spacial score (nSPS) is 11.5. The smallest absolute Gasteiger partial charge is 0.265 e. The third-order valence-corrected chi connectivity index (χ3v) is 4.34. The molecule has 0 aromatic heterocycles. The SMILES string of the molecule is CC[C@@H](Oc1cccc(C)c1)C(=O)Nc1cc(Cl)ccc1Oc1ccccc1. The van der Waals surface area contributed by atoms with Crippen molar-refractivity contribution in [3.8, 4) is 17.2 Å². The number of ether oxygens (including phenoxy) is 2. The molecule has 0 fully saturated rings. The van der Waals surface area contributed by atoms with E-state index in [-0.39, 0.29) is 5.91 Å². The van der Waals surface area contributed by atoms with Gasteiger partial charge < -0.3 is 14.8 Å². The molecular formula is C23H22ClNO3. The van der Waals surface area contributed by atoms with E-state index < -0.39 is 6.10 Å². The van der Waals surface area contributed by atoms with Crippen molar-refractivity contribution in [3.63, 3.8) is 0 Å². The fourth-order valence-corrected chi connectivity index (χ4v) is 2.86. The second-order valence-corrected chi connectivity index (χ2v) is 6.81. The number of rotatable bonds is 7. The molecule has 0 saturated heterocycles. The number of halogens is 1. The Balaban J connectivity index is 1.77. The Morgan fingerprint density at radius 2 is 1.75 bits per heavy atom. The summed E-state index contributed by atoms with van der Waals surface area (Å²) in [6, 6.07) is 22.1. The maximum Gasteiger partial charge on any atom is 0.265 e. The minimum Gasteiger partial charge on any atom is -0.481 e. The lowest BCUT2D eigenvalue weighted by molar-refractivity contribution is -0.122. The molecular weight excluding hydrogens is 374 g/mol. The van der Waals surface area contributed by atoms with Crippen molar-refractivity contribution in [2.75, 3.05) is 5.32 Å². The van der Waals surface area contributed by atoms with Crippen molar-refractivity contribution < 1.29 is 14.3 Å². The fraction of sp³-hybridized carbons (Fsp3) is 0.174. The number of benzene rings is 3. The van der Waals surface area contributed by atoms with E-state index in [9.17, 15) is 4.79 Å². The highest BCUT2D eigenvalue weighted by atomic mass is 35.5. The van der Waals surface area contributed by atoms with Gasteiger partial charge in [0.15, 0.2) is 11.9 Å². The predicted octanol–water partition coefficient (Wildman–Crippen LogP) is 6.24. The summed E-state index contributed by atoms with van der Waals surface area (Å²) in [4.78, 5) is 12.8. The molecule has 0 radical (unpaired) electrons. The van der Waals surface area contributed by atoms with Crippen molar-refractivity contribution in [2.45, 2.75) is 26.4 Å². The fourth-order valence-electron chi connectivity index (χ4n) is 2.69. The molecule has 0 aliphatic rings. The first-order valence-electron chi connectivity index (χ1n) is 9.12. The topological polar surface area (TPSA) is 47.6 Å². The van der Waals surface area contributed by atoms with Gasteiger partial charge in [-0.25, -0.2) is 0 Å². The molecule has 1 N–H and O–H groups in total. The van der Waals surface area contributed by atoms with Gasteiger partial charge in [0.2, 0.25) is 0 Å². The molecule has 1 amide bonds. The van der Waals surface area contributed by atoms with Gasteiger partial charge in [-0.2, -0.15) is 0 Å². The summed E-state index contributed by atoms with van der Waals surface area (Å²) >= 11 is 6.13. The van der Waals surface area contributed by atoms with Gasteiger partial charge in [0, 0.05) is 5.02 Å². The Morgan fingerprint density at radius 3 is 2.46 bits per heavy atom. The van der Waals surface area contributed by atoms with Crippen LogP contribution >= 0.6 is 11.6 Å². The molecule has 4 nitrogen and oxygen atoms in total. The van der Waals surface area contributed by atoms with Crippen molar-refractivity contribution in [3.05, 3.63) is 83.4 Å². The number of carbonyl (C=O) groups is 1. The summed E-state index contributed by atoms with van der Waals surface area (Å²) in [7, 11) is 0. The van der Waals surface area contributed by atoms with Crippen molar-refractivity contribution in [1.29, 1.82) is 0 Å². The van der Waals surface area contributed by atoms with Crippen LogP contribution in [0.25, 0.3) is 0 Å². The lowest BCUT2D eigenvalue weighted by Gasteiger charge is -2.19. The molecule has 5 heteroatoms. The molecule has 0 heterocycles. The van der Waals surface area contributed by atoms with E-state index in [0.717, 1.165) is 5.56 Å². The molecule has 3 rings (SSSR count). The van der Waals surface area contributed by atoms with Gasteiger partial charge in [-0.05, 0) is 61.4 Å². The molecule has 28 heavy (non-hydrogen) atoms. The Hall–Kier alpha value is -2.98. The minimum atomic E-state index is -0.634. The highest BCUT2D eigenvalue weighted by molar-refractivity contribution is 6.31. The van der Waals surface area contributed by atoms with Crippen LogP contribution in [0.1, 0.15) is 18.9 Å². The number of nitrogens with one attached hydrogen (secondary N) is 1. The van der Waals surface area contributed by atoms with Gasteiger partial charge in [-0.3, -0.25) is 4.79 Å². The third kappa shape index (κ3) is 5.27. The molecule has 0 saturated carbocycles. The van der Waals surface area contributed by atoms with Crippen LogP contribution in [0.3, 0.4) is 0 Å². The zero-order chi connectivity index (χ0) is 19.9. The summed E-state index contributed by atoms with van der Waals surface area (Å²) in [5, 5.41) is 3.39. The highest BCUT2D eigenvalue weighted by Crippen LogP contribution is 2.32. The molecule has 0 spiro atoms. The van der Waals surface area contributed by atoms with Gasteiger partial charge in [-0.1, -0.05) is 48.9 Å². The summed E-state index contributed by atoms with van der Waals surface area (Å²) in [5.41, 5.74) is 1.56. The van der Waals surface area contributed by atoms with Crippen LogP contribution in [-0.2, 0) is 4.79 Å². The molecule has 0 aliphatic heterocycles. The minimum absolute atomic E-state index is 0.260. The van der Waals surface area contributed by atoms with Gasteiger partial charge in [0.05, 0.1) is 5.69 Å². The summed E-state index contributed by atoms with van der Waals surface area (Å²) < 4.78 is 11.8. The predicted molar refractivity (Wildman–Crippen MR) is 112 cm³/mol. The van der Waals surface area contributed by atoms with Crippen LogP contribution < -0.4 is 14.8 Å². The highest BCUT2D eigenvalue weighted by Gasteiger charge is 2.20. The standard InChI is InChI=1S/C23H22ClNO3/c1-3-21(28-19-11-7-8-16(2)14-19)23(26)25-20-15-17(24)12-13-22(20)27-18-9-5-4-6-10-18/h4-15,21H,3H2,1-2H3,(H,25,26)/t21-/m1/s1. The van der Waals surface area contributed by atoms with E-state index in [1.54, 1.807) is 18.2 Å². The average Bonchev–Trinajstić information content (AvgIpc) is 2.69. The summed E-state index contributed by atoms with van der Waals surface area (Å²) in [6.45, 7) is 3.88. The number of hydrogen-bond acceptors (Lipinski definition) is 3. The maximum atomic E-state index is 12.8. The molecule has 3 aromatic carbocycles. The number of aryl methyl sites for hydroxylation is 1. The third-order valence-electron chi connectivity index (χ3n) is 4.10. The first-order valence-corrected chi connectivity index (χ1v) is 9.49. The van der Waals surface area contributed by atoms with E-state index in [1.807, 2.05) is 68.4 Å². The van der Waals surface area contributed by atoms with E-state index in [4.69, 9.17) is 21.1 Å². The zero-order valence-electron chi connectivity index (χ0n) is 15.8. The average molecular weight is 396 g/mol. The van der Waals surface area contributed by atoms with Gasteiger partial charge in [0.25, 0.3) is 5.91 Å². The largest absolute Gasteiger partial charge is 0.481 e. The van der Waals surface area contributed by atoms with Crippen LogP contribution in [0.2, 0.25) is 5.02 Å². The molecule has 0 bridgehead atoms. The van der Waals surface area contributed by atoms with Crippen LogP contribution in [-0.4, -0.2) is 12.0 Å². The van der Waals surface area contributed by atoms with E-state index in [1.165, 1.54) is 0 Å². The molecule has 1 atom stereocenters. The Bertz CT molecular complexity index is 944. The number of anilines is 1. The first-order chi connectivity index (χ1) is 13.5. The lowest BCUT2D eigenvalue weighted by Crippen LogP contribution is -2.32. The Labute approximate surface area is 170 Å². The molecule has 0 unspecified atom stereocenters. The van der Waals surface area contributed by atoms with E-state index in [2.05, 4.69) is 5.32 Å². The zero-order valence-corrected chi connectivity index (χ0v) is 16.6. The second kappa shape index (κ2) is 9.29. The number of amides is 1. The summed E-state index contributed by atoms with van der Waals surface area (Å²) in [5.74, 6) is 1.58.